The lowest BCUT2D eigenvalue weighted by molar-refractivity contribution is -0.384. The number of nitro benzene ring substituents is 1. The van der Waals surface area contributed by atoms with Gasteiger partial charge in [0, 0.05) is 28.1 Å². The van der Waals surface area contributed by atoms with E-state index in [9.17, 15) is 14.9 Å². The van der Waals surface area contributed by atoms with Crippen LogP contribution in [0.3, 0.4) is 0 Å². The van der Waals surface area contributed by atoms with Crippen LogP contribution in [0.2, 0.25) is 5.02 Å². The Morgan fingerprint density at radius 1 is 1.17 bits per heavy atom. The third-order valence-corrected chi connectivity index (χ3v) is 5.78. The summed E-state index contributed by atoms with van der Waals surface area (Å²) in [4.78, 5) is 27.4. The maximum atomic E-state index is 12.5. The number of hydrazone groups is 1. The summed E-state index contributed by atoms with van der Waals surface area (Å²) in [5.41, 5.74) is 5.16. The monoisotopic (exact) mass is 522 g/mol. The molecule has 4 rings (SSSR count). The van der Waals surface area contributed by atoms with E-state index in [4.69, 9.17) is 21.1 Å². The Hall–Kier alpha value is -4.28. The van der Waals surface area contributed by atoms with Crippen molar-refractivity contribution in [1.82, 2.24) is 4.98 Å². The molecular weight excluding hydrogens is 504 g/mol. The van der Waals surface area contributed by atoms with Gasteiger partial charge in [0.1, 0.15) is 0 Å². The number of nitrogens with one attached hydrogen (secondary N) is 1. The van der Waals surface area contributed by atoms with Crippen molar-refractivity contribution in [1.29, 1.82) is 0 Å². The summed E-state index contributed by atoms with van der Waals surface area (Å²) >= 11 is 7.19. The molecule has 1 heterocycles. The number of non-ortho nitro benzene ring substituents is 1. The summed E-state index contributed by atoms with van der Waals surface area (Å²) in [6, 6.07) is 17.7. The molecule has 1 N–H and O–H groups in total. The Morgan fingerprint density at radius 3 is 2.72 bits per heavy atom. The fourth-order valence-corrected chi connectivity index (χ4v) is 3.90. The molecule has 4 aromatic rings. The molecule has 0 aliphatic heterocycles. The van der Waals surface area contributed by atoms with Crippen LogP contribution in [-0.4, -0.2) is 28.7 Å². The molecule has 3 aromatic carbocycles. The lowest BCUT2D eigenvalue weighted by Crippen LogP contribution is -2.09. The van der Waals surface area contributed by atoms with Crippen molar-refractivity contribution in [2.75, 3.05) is 12.0 Å². The van der Waals surface area contributed by atoms with Crippen molar-refractivity contribution in [3.05, 3.63) is 98.4 Å². The molecule has 1 aromatic heterocycles. The number of halogens is 1. The number of rotatable bonds is 9. The summed E-state index contributed by atoms with van der Waals surface area (Å²) in [6.07, 6.45) is 1.57. The average molecular weight is 523 g/mol. The van der Waals surface area contributed by atoms with Crippen molar-refractivity contribution >= 4 is 45.9 Å². The van der Waals surface area contributed by atoms with Gasteiger partial charge >= 0.3 is 5.97 Å². The summed E-state index contributed by atoms with van der Waals surface area (Å²) in [5, 5.41) is 18.0. The van der Waals surface area contributed by atoms with Gasteiger partial charge in [0.2, 0.25) is 5.13 Å². The molecular formula is C25H19ClN4O5S. The molecule has 0 spiro atoms. The fraction of sp³-hybridized carbons (Fsp3) is 0.0800. The van der Waals surface area contributed by atoms with Gasteiger partial charge in [-0.25, -0.2) is 9.78 Å². The van der Waals surface area contributed by atoms with Crippen LogP contribution in [0, 0.1) is 10.1 Å². The molecule has 11 heteroatoms. The molecule has 0 saturated heterocycles. The zero-order chi connectivity index (χ0) is 25.5. The van der Waals surface area contributed by atoms with Crippen molar-refractivity contribution in [2.24, 2.45) is 5.10 Å². The van der Waals surface area contributed by atoms with E-state index in [1.165, 1.54) is 23.5 Å². The second-order valence-corrected chi connectivity index (χ2v) is 8.55. The van der Waals surface area contributed by atoms with Gasteiger partial charge in [0.15, 0.2) is 11.5 Å². The number of nitro groups is 1. The van der Waals surface area contributed by atoms with E-state index < -0.39 is 10.9 Å². The van der Waals surface area contributed by atoms with Crippen LogP contribution in [0.15, 0.2) is 77.2 Å². The van der Waals surface area contributed by atoms with Gasteiger partial charge in [0.25, 0.3) is 5.69 Å². The third-order valence-electron chi connectivity index (χ3n) is 4.78. The lowest BCUT2D eigenvalue weighted by Gasteiger charge is -2.11. The molecule has 36 heavy (non-hydrogen) atoms. The van der Waals surface area contributed by atoms with E-state index in [-0.39, 0.29) is 11.4 Å². The highest BCUT2D eigenvalue weighted by atomic mass is 35.5. The third kappa shape index (κ3) is 6.23. The van der Waals surface area contributed by atoms with E-state index >= 15 is 0 Å². The zero-order valence-electron chi connectivity index (χ0n) is 18.9. The molecule has 182 valence electrons. The Kier molecular flexibility index (Phi) is 7.89. The summed E-state index contributed by atoms with van der Waals surface area (Å²) in [7, 11) is 0. The first-order valence-corrected chi connectivity index (χ1v) is 11.9. The number of thiazole rings is 1. The Morgan fingerprint density at radius 2 is 1.97 bits per heavy atom. The van der Waals surface area contributed by atoms with Gasteiger partial charge in [-0.15, -0.1) is 11.3 Å². The van der Waals surface area contributed by atoms with Crippen LogP contribution in [-0.2, 0) is 0 Å². The summed E-state index contributed by atoms with van der Waals surface area (Å²) in [5.74, 6) is 0.147. The van der Waals surface area contributed by atoms with Crippen LogP contribution < -0.4 is 14.9 Å². The minimum absolute atomic E-state index is 0.000393. The SMILES string of the molecule is CCOc1cc(/C=N\Nc2nc(-c3cccc([N+](=O)[O-])c3)cs2)ccc1OC(=O)c1ccc(Cl)cc1. The minimum Gasteiger partial charge on any atom is -0.490 e. The largest absolute Gasteiger partial charge is 0.490 e. The van der Waals surface area contributed by atoms with E-state index in [1.807, 2.05) is 6.92 Å². The first kappa shape index (κ1) is 24.8. The number of aromatic nitrogens is 1. The standard InChI is InChI=1S/C25H19ClN4O5S/c1-2-34-23-12-16(6-11-22(23)35-24(31)17-7-9-19(26)10-8-17)14-27-29-25-28-21(15-36-25)18-4-3-5-20(13-18)30(32)33/h3-15H,2H2,1H3,(H,28,29)/b27-14-. The smallest absolute Gasteiger partial charge is 0.343 e. The molecule has 9 nitrogen and oxygen atoms in total. The minimum atomic E-state index is -0.529. The zero-order valence-corrected chi connectivity index (χ0v) is 20.5. The van der Waals surface area contributed by atoms with Crippen molar-refractivity contribution in [2.45, 2.75) is 6.92 Å². The molecule has 0 bridgehead atoms. The molecule has 0 atom stereocenters. The molecule has 0 fully saturated rings. The highest BCUT2D eigenvalue weighted by molar-refractivity contribution is 7.14. The molecule has 0 aliphatic rings. The van der Waals surface area contributed by atoms with Crippen LogP contribution in [0.4, 0.5) is 10.8 Å². The van der Waals surface area contributed by atoms with Gasteiger partial charge in [-0.2, -0.15) is 5.10 Å². The van der Waals surface area contributed by atoms with Crippen molar-refractivity contribution < 1.29 is 19.2 Å². The van der Waals surface area contributed by atoms with Gasteiger partial charge in [-0.1, -0.05) is 23.7 Å². The van der Waals surface area contributed by atoms with Crippen molar-refractivity contribution in [3.8, 4) is 22.8 Å². The normalized spacial score (nSPS) is 10.8. The second kappa shape index (κ2) is 11.4. The number of nitrogens with zero attached hydrogens (tertiary/aromatic N) is 3. The maximum Gasteiger partial charge on any atom is 0.343 e. The number of carbonyl (C=O) groups is 1. The van der Waals surface area contributed by atoms with Gasteiger partial charge < -0.3 is 9.47 Å². The number of carbonyl (C=O) groups excluding carboxylic acids is 1. The number of anilines is 1. The van der Waals surface area contributed by atoms with Gasteiger partial charge in [-0.05, 0) is 55.0 Å². The predicted octanol–water partition coefficient (Wildman–Crippen LogP) is 6.44. The van der Waals surface area contributed by atoms with Crippen molar-refractivity contribution in [3.63, 3.8) is 0 Å². The van der Waals surface area contributed by atoms with E-state index in [1.54, 1.807) is 66.2 Å². The van der Waals surface area contributed by atoms with E-state index in [0.717, 1.165) is 0 Å². The van der Waals surface area contributed by atoms with E-state index in [0.29, 0.717) is 44.9 Å². The van der Waals surface area contributed by atoms with Crippen LogP contribution in [0.25, 0.3) is 11.3 Å². The van der Waals surface area contributed by atoms with Crippen LogP contribution in [0.5, 0.6) is 11.5 Å². The molecule has 0 amide bonds. The number of benzene rings is 3. The number of hydrogen-bond acceptors (Lipinski definition) is 9. The molecule has 0 radical (unpaired) electrons. The topological polar surface area (TPSA) is 116 Å². The molecule has 0 unspecified atom stereocenters. The summed E-state index contributed by atoms with van der Waals surface area (Å²) in [6.45, 7) is 2.21. The fourth-order valence-electron chi connectivity index (χ4n) is 3.10. The van der Waals surface area contributed by atoms with Crippen LogP contribution >= 0.6 is 22.9 Å². The molecule has 0 aliphatic carbocycles. The molecule has 0 saturated carbocycles. The Balaban J connectivity index is 1.43. The summed E-state index contributed by atoms with van der Waals surface area (Å²) < 4.78 is 11.1. The maximum absolute atomic E-state index is 12.5. The number of esters is 1. The number of ether oxygens (including phenoxy) is 2. The number of hydrogen-bond donors (Lipinski definition) is 1. The van der Waals surface area contributed by atoms with E-state index in [2.05, 4.69) is 15.5 Å². The van der Waals surface area contributed by atoms with Crippen LogP contribution in [0.1, 0.15) is 22.8 Å². The first-order chi connectivity index (χ1) is 17.4. The highest BCUT2D eigenvalue weighted by Crippen LogP contribution is 2.30. The first-order valence-electron chi connectivity index (χ1n) is 10.7. The quantitative estimate of drug-likeness (QED) is 0.0884. The van der Waals surface area contributed by atoms with Gasteiger partial charge in [-0.3, -0.25) is 15.5 Å². The predicted molar refractivity (Wildman–Crippen MR) is 139 cm³/mol. The van der Waals surface area contributed by atoms with Gasteiger partial charge in [0.05, 0.1) is 29.0 Å². The Bertz CT molecular complexity index is 1420. The Labute approximate surface area is 215 Å². The second-order valence-electron chi connectivity index (χ2n) is 7.25. The lowest BCUT2D eigenvalue weighted by atomic mass is 10.1. The average Bonchev–Trinajstić information content (AvgIpc) is 3.35. The highest BCUT2D eigenvalue weighted by Gasteiger charge is 2.14.